The molecule has 0 atom stereocenters. The summed E-state index contributed by atoms with van der Waals surface area (Å²) in [5.74, 6) is -1.16. The van der Waals surface area contributed by atoms with Gasteiger partial charge in [-0.3, -0.25) is 4.79 Å². The molecule has 0 aliphatic heterocycles. The van der Waals surface area contributed by atoms with Gasteiger partial charge in [0.05, 0.1) is 10.6 Å². The Balaban J connectivity index is 1.64. The lowest BCUT2D eigenvalue weighted by molar-refractivity contribution is 0.103. The van der Waals surface area contributed by atoms with Crippen molar-refractivity contribution >= 4 is 34.5 Å². The van der Waals surface area contributed by atoms with Crippen LogP contribution < -0.4 is 10.1 Å². The molecule has 0 fully saturated rings. The van der Waals surface area contributed by atoms with Gasteiger partial charge < -0.3 is 10.1 Å². The second-order valence-corrected chi connectivity index (χ2v) is 6.92. The molecule has 0 aliphatic carbocycles. The number of carbonyl (C=O) groups is 1. The molecule has 1 heterocycles. The van der Waals surface area contributed by atoms with Gasteiger partial charge in [0.1, 0.15) is 24.0 Å². The lowest BCUT2D eigenvalue weighted by Gasteiger charge is -2.06. The first-order chi connectivity index (χ1) is 12.4. The van der Waals surface area contributed by atoms with Gasteiger partial charge in [0.2, 0.25) is 0 Å². The highest BCUT2D eigenvalue weighted by atomic mass is 35.5. The van der Waals surface area contributed by atoms with Gasteiger partial charge in [-0.05, 0) is 54.3 Å². The molecule has 3 nitrogen and oxygen atoms in total. The summed E-state index contributed by atoms with van der Waals surface area (Å²) >= 11 is 7.17. The SMILES string of the molecule is Cc1cc(OCc2csc(C(=O)Nc3cc(F)ccc3F)c2)ccc1Cl. The molecule has 1 amide bonds. The van der Waals surface area contributed by atoms with Crippen molar-refractivity contribution in [1.82, 2.24) is 0 Å². The second kappa shape index (κ2) is 7.85. The highest BCUT2D eigenvalue weighted by molar-refractivity contribution is 7.12. The van der Waals surface area contributed by atoms with Crippen LogP contribution in [0, 0.1) is 18.6 Å². The second-order valence-electron chi connectivity index (χ2n) is 5.60. The molecule has 0 saturated heterocycles. The molecule has 0 saturated carbocycles. The van der Waals surface area contributed by atoms with Gasteiger partial charge in [0.15, 0.2) is 0 Å². The van der Waals surface area contributed by atoms with E-state index in [1.165, 1.54) is 11.3 Å². The van der Waals surface area contributed by atoms with Crippen LogP contribution in [-0.4, -0.2) is 5.91 Å². The van der Waals surface area contributed by atoms with Gasteiger partial charge in [-0.15, -0.1) is 11.3 Å². The van der Waals surface area contributed by atoms with E-state index in [4.69, 9.17) is 16.3 Å². The number of amides is 1. The minimum Gasteiger partial charge on any atom is -0.489 e. The fourth-order valence-electron chi connectivity index (χ4n) is 2.22. The summed E-state index contributed by atoms with van der Waals surface area (Å²) < 4.78 is 32.5. The first-order valence-electron chi connectivity index (χ1n) is 7.65. The van der Waals surface area contributed by atoms with Gasteiger partial charge in [-0.25, -0.2) is 8.78 Å². The number of aryl methyl sites for hydroxylation is 1. The highest BCUT2D eigenvalue weighted by Crippen LogP contribution is 2.24. The molecule has 3 rings (SSSR count). The maximum Gasteiger partial charge on any atom is 0.265 e. The van der Waals surface area contributed by atoms with Crippen LogP contribution in [0.1, 0.15) is 20.8 Å². The zero-order valence-corrected chi connectivity index (χ0v) is 15.3. The van der Waals surface area contributed by atoms with Crippen molar-refractivity contribution in [3.63, 3.8) is 0 Å². The lowest BCUT2D eigenvalue weighted by Crippen LogP contribution is -2.11. The number of halogens is 3. The van der Waals surface area contributed by atoms with Gasteiger partial charge in [0, 0.05) is 16.7 Å². The third kappa shape index (κ3) is 4.39. The van der Waals surface area contributed by atoms with Gasteiger partial charge in [0.25, 0.3) is 5.91 Å². The number of ether oxygens (including phenoxy) is 1. The summed E-state index contributed by atoms with van der Waals surface area (Å²) in [6.07, 6.45) is 0. The minimum atomic E-state index is -0.696. The number of anilines is 1. The summed E-state index contributed by atoms with van der Waals surface area (Å²) in [5, 5.41) is 4.81. The Kier molecular flexibility index (Phi) is 5.54. The van der Waals surface area contributed by atoms with Crippen molar-refractivity contribution in [2.24, 2.45) is 0 Å². The van der Waals surface area contributed by atoms with E-state index >= 15 is 0 Å². The molecule has 3 aromatic rings. The molecule has 1 aromatic heterocycles. The first-order valence-corrected chi connectivity index (χ1v) is 8.91. The summed E-state index contributed by atoms with van der Waals surface area (Å²) in [4.78, 5) is 12.6. The van der Waals surface area contributed by atoms with Gasteiger partial charge in [-0.1, -0.05) is 11.6 Å². The number of hydrogen-bond acceptors (Lipinski definition) is 3. The highest BCUT2D eigenvalue weighted by Gasteiger charge is 2.13. The Morgan fingerprint density at radius 3 is 2.77 bits per heavy atom. The largest absolute Gasteiger partial charge is 0.489 e. The molecule has 0 aliphatic rings. The predicted octanol–water partition coefficient (Wildman–Crippen LogP) is 5.82. The number of nitrogens with one attached hydrogen (secondary N) is 1. The fourth-order valence-corrected chi connectivity index (χ4v) is 3.13. The normalized spacial score (nSPS) is 10.6. The van der Waals surface area contributed by atoms with E-state index in [-0.39, 0.29) is 12.3 Å². The Morgan fingerprint density at radius 2 is 2.00 bits per heavy atom. The summed E-state index contributed by atoms with van der Waals surface area (Å²) in [6.45, 7) is 2.16. The van der Waals surface area contributed by atoms with Crippen LogP contribution in [0.2, 0.25) is 5.02 Å². The van der Waals surface area contributed by atoms with Crippen LogP contribution >= 0.6 is 22.9 Å². The molecule has 7 heteroatoms. The minimum absolute atomic E-state index is 0.196. The number of thiophene rings is 1. The molecule has 2 aromatic carbocycles. The standard InChI is InChI=1S/C19H14ClF2NO2S/c1-11-6-14(3-4-15(11)20)25-9-12-7-18(26-10-12)19(24)23-17-8-13(21)2-5-16(17)22/h2-8,10H,9H2,1H3,(H,23,24). The monoisotopic (exact) mass is 393 g/mol. The number of carbonyl (C=O) groups excluding carboxylic acids is 1. The third-order valence-corrected chi connectivity index (χ3v) is 4.99. The number of hydrogen-bond donors (Lipinski definition) is 1. The van der Waals surface area contributed by atoms with E-state index in [9.17, 15) is 13.6 Å². The number of benzene rings is 2. The van der Waals surface area contributed by atoms with Crippen molar-refractivity contribution in [2.45, 2.75) is 13.5 Å². The molecule has 0 unspecified atom stereocenters. The average molecular weight is 394 g/mol. The van der Waals surface area contributed by atoms with Crippen LogP contribution in [0.25, 0.3) is 0 Å². The van der Waals surface area contributed by atoms with Crippen LogP contribution in [0.15, 0.2) is 47.8 Å². The van der Waals surface area contributed by atoms with Crippen molar-refractivity contribution < 1.29 is 18.3 Å². The zero-order chi connectivity index (χ0) is 18.7. The molecular formula is C19H14ClF2NO2S. The molecule has 134 valence electrons. The first kappa shape index (κ1) is 18.4. The summed E-state index contributed by atoms with van der Waals surface area (Å²) in [6, 6.07) is 9.90. The van der Waals surface area contributed by atoms with Crippen molar-refractivity contribution in [3.05, 3.63) is 80.5 Å². The summed E-state index contributed by atoms with van der Waals surface area (Å²) in [7, 11) is 0. The quantitative estimate of drug-likeness (QED) is 0.593. The van der Waals surface area contributed by atoms with E-state index in [1.54, 1.807) is 23.6 Å². The Labute approximate surface area is 158 Å². The van der Waals surface area contributed by atoms with Gasteiger partial charge >= 0.3 is 0 Å². The van der Waals surface area contributed by atoms with Crippen molar-refractivity contribution in [2.75, 3.05) is 5.32 Å². The molecule has 0 radical (unpaired) electrons. The van der Waals surface area contributed by atoms with E-state index in [0.29, 0.717) is 15.6 Å². The maximum atomic E-state index is 13.6. The Bertz CT molecular complexity index is 958. The Morgan fingerprint density at radius 1 is 1.19 bits per heavy atom. The van der Waals surface area contributed by atoms with E-state index < -0.39 is 17.5 Å². The fraction of sp³-hybridized carbons (Fsp3) is 0.105. The molecular weight excluding hydrogens is 380 g/mol. The number of rotatable bonds is 5. The molecule has 0 spiro atoms. The zero-order valence-electron chi connectivity index (χ0n) is 13.7. The van der Waals surface area contributed by atoms with E-state index in [1.807, 2.05) is 13.0 Å². The van der Waals surface area contributed by atoms with Crippen LogP contribution in [-0.2, 0) is 6.61 Å². The topological polar surface area (TPSA) is 38.3 Å². The Hall–Kier alpha value is -2.44. The lowest BCUT2D eigenvalue weighted by atomic mass is 10.2. The molecule has 0 bridgehead atoms. The van der Waals surface area contributed by atoms with Gasteiger partial charge in [-0.2, -0.15) is 0 Å². The smallest absolute Gasteiger partial charge is 0.265 e. The van der Waals surface area contributed by atoms with Crippen molar-refractivity contribution in [1.29, 1.82) is 0 Å². The van der Waals surface area contributed by atoms with E-state index in [0.717, 1.165) is 29.3 Å². The van der Waals surface area contributed by atoms with E-state index in [2.05, 4.69) is 5.32 Å². The van der Waals surface area contributed by atoms with Crippen LogP contribution in [0.4, 0.5) is 14.5 Å². The van der Waals surface area contributed by atoms with Crippen LogP contribution in [0.3, 0.4) is 0 Å². The average Bonchev–Trinajstić information content (AvgIpc) is 3.08. The predicted molar refractivity (Wildman–Crippen MR) is 99.2 cm³/mol. The third-order valence-electron chi connectivity index (χ3n) is 3.59. The summed E-state index contributed by atoms with van der Waals surface area (Å²) in [5.41, 5.74) is 1.51. The molecule has 1 N–H and O–H groups in total. The van der Waals surface area contributed by atoms with Crippen molar-refractivity contribution in [3.8, 4) is 5.75 Å². The maximum absolute atomic E-state index is 13.6. The van der Waals surface area contributed by atoms with Crippen LogP contribution in [0.5, 0.6) is 5.75 Å². The molecule has 26 heavy (non-hydrogen) atoms.